The highest BCUT2D eigenvalue weighted by Crippen LogP contribution is 2.19. The van der Waals surface area contributed by atoms with Gasteiger partial charge < -0.3 is 19.9 Å². The molecular weight excluding hydrogens is 316 g/mol. The molecule has 0 unspecified atom stereocenters. The number of methoxy groups -OCH3 is 1. The summed E-state index contributed by atoms with van der Waals surface area (Å²) < 4.78 is 5.39. The number of guanidine groups is 1. The number of carbonyl (C=O) groups excluding carboxylic acids is 1. The van der Waals surface area contributed by atoms with Crippen LogP contribution in [0.2, 0.25) is 0 Å². The molecule has 2 rings (SSSR count). The molecule has 0 atom stereocenters. The Labute approximate surface area is 150 Å². The van der Waals surface area contributed by atoms with Crippen LogP contribution in [-0.4, -0.2) is 68.0 Å². The molecule has 1 aromatic rings. The van der Waals surface area contributed by atoms with E-state index in [1.807, 2.05) is 11.8 Å². The van der Waals surface area contributed by atoms with Gasteiger partial charge in [0.05, 0.1) is 7.11 Å². The minimum atomic E-state index is 0.148. The number of hydrogen-bond donors (Lipinski definition) is 1. The van der Waals surface area contributed by atoms with Crippen LogP contribution in [0.4, 0.5) is 0 Å². The summed E-state index contributed by atoms with van der Waals surface area (Å²) in [6.45, 7) is 10.5. The van der Waals surface area contributed by atoms with Crippen molar-refractivity contribution in [3.63, 3.8) is 0 Å². The number of aryl methyl sites for hydroxylation is 1. The fourth-order valence-corrected chi connectivity index (χ4v) is 2.97. The highest BCUT2D eigenvalue weighted by atomic mass is 16.5. The lowest BCUT2D eigenvalue weighted by molar-refractivity contribution is -0.130. The normalized spacial score (nSPS) is 15.3. The quantitative estimate of drug-likeness (QED) is 0.651. The number of amides is 1. The first kappa shape index (κ1) is 19.1. The Morgan fingerprint density at radius 1 is 1.24 bits per heavy atom. The number of benzene rings is 1. The molecule has 0 radical (unpaired) electrons. The summed E-state index contributed by atoms with van der Waals surface area (Å²) in [5, 5.41) is 3.36. The molecule has 0 aromatic heterocycles. The zero-order valence-corrected chi connectivity index (χ0v) is 15.8. The van der Waals surface area contributed by atoms with E-state index in [9.17, 15) is 4.79 Å². The van der Waals surface area contributed by atoms with Crippen molar-refractivity contribution in [3.05, 3.63) is 29.3 Å². The second kappa shape index (κ2) is 9.30. The molecule has 1 N–H and O–H groups in total. The van der Waals surface area contributed by atoms with Crippen LogP contribution in [0, 0.1) is 6.92 Å². The lowest BCUT2D eigenvalue weighted by Crippen LogP contribution is -2.53. The van der Waals surface area contributed by atoms with Crippen molar-refractivity contribution in [2.45, 2.75) is 27.2 Å². The van der Waals surface area contributed by atoms with Gasteiger partial charge in [0.1, 0.15) is 5.75 Å². The van der Waals surface area contributed by atoms with Gasteiger partial charge in [-0.25, -0.2) is 0 Å². The molecule has 1 aliphatic rings. The third-order valence-electron chi connectivity index (χ3n) is 4.49. The first-order valence-electron chi connectivity index (χ1n) is 8.97. The Morgan fingerprint density at radius 3 is 2.52 bits per heavy atom. The van der Waals surface area contributed by atoms with E-state index in [2.05, 4.69) is 35.3 Å². The number of ether oxygens (including phenoxy) is 1. The fourth-order valence-electron chi connectivity index (χ4n) is 2.97. The molecule has 6 nitrogen and oxygen atoms in total. The van der Waals surface area contributed by atoms with Gasteiger partial charge in [-0.3, -0.25) is 9.79 Å². The monoisotopic (exact) mass is 346 g/mol. The molecule has 0 spiro atoms. The summed E-state index contributed by atoms with van der Waals surface area (Å²) in [6.07, 6.45) is 0.874. The summed E-state index contributed by atoms with van der Waals surface area (Å²) in [5.41, 5.74) is 2.37. The van der Waals surface area contributed by atoms with E-state index in [4.69, 9.17) is 9.73 Å². The van der Waals surface area contributed by atoms with Gasteiger partial charge in [-0.15, -0.1) is 0 Å². The summed E-state index contributed by atoms with van der Waals surface area (Å²) >= 11 is 0. The minimum absolute atomic E-state index is 0.148. The predicted octanol–water partition coefficient (Wildman–Crippen LogP) is 1.68. The Morgan fingerprint density at radius 2 is 1.92 bits per heavy atom. The topological polar surface area (TPSA) is 57.2 Å². The summed E-state index contributed by atoms with van der Waals surface area (Å²) in [4.78, 5) is 20.3. The number of rotatable bonds is 5. The lowest BCUT2D eigenvalue weighted by Gasteiger charge is -2.36. The van der Waals surface area contributed by atoms with E-state index in [1.54, 1.807) is 14.0 Å². The molecule has 1 heterocycles. The van der Waals surface area contributed by atoms with Crippen LogP contribution in [0.5, 0.6) is 5.75 Å². The van der Waals surface area contributed by atoms with E-state index in [0.29, 0.717) is 0 Å². The smallest absolute Gasteiger partial charge is 0.219 e. The van der Waals surface area contributed by atoms with E-state index in [0.717, 1.165) is 63.0 Å². The van der Waals surface area contributed by atoms with E-state index in [1.165, 1.54) is 5.56 Å². The largest absolute Gasteiger partial charge is 0.496 e. The molecular formula is C19H30N4O2. The van der Waals surface area contributed by atoms with Gasteiger partial charge in [0.2, 0.25) is 5.91 Å². The van der Waals surface area contributed by atoms with Crippen LogP contribution in [0.3, 0.4) is 0 Å². The fraction of sp³-hybridized carbons (Fsp3) is 0.579. The van der Waals surface area contributed by atoms with Crippen LogP contribution < -0.4 is 10.1 Å². The maximum Gasteiger partial charge on any atom is 0.219 e. The molecule has 6 heteroatoms. The van der Waals surface area contributed by atoms with Gasteiger partial charge in [-0.1, -0.05) is 12.1 Å². The average Bonchev–Trinajstić information content (AvgIpc) is 2.62. The van der Waals surface area contributed by atoms with Crippen LogP contribution in [0.15, 0.2) is 23.2 Å². The molecule has 1 amide bonds. The summed E-state index contributed by atoms with van der Waals surface area (Å²) in [6, 6.07) is 6.30. The standard InChI is InChI=1S/C19H30N4O2/c1-5-20-19(23-12-10-22(11-13-23)16(3)24)21-9-8-17-7-6-15(2)18(14-17)25-4/h6-7,14H,5,8-13H2,1-4H3,(H,20,21). The van der Waals surface area contributed by atoms with Gasteiger partial charge >= 0.3 is 0 Å². The second-order valence-electron chi connectivity index (χ2n) is 6.28. The van der Waals surface area contributed by atoms with E-state index >= 15 is 0 Å². The molecule has 1 aromatic carbocycles. The summed E-state index contributed by atoms with van der Waals surface area (Å²) in [5.74, 6) is 2.01. The van der Waals surface area contributed by atoms with Crippen molar-refractivity contribution < 1.29 is 9.53 Å². The van der Waals surface area contributed by atoms with Gasteiger partial charge in [-0.2, -0.15) is 0 Å². The number of aliphatic imine (C=N–C) groups is 1. The zero-order valence-electron chi connectivity index (χ0n) is 15.8. The number of nitrogens with zero attached hydrogens (tertiary/aromatic N) is 3. The van der Waals surface area contributed by atoms with Crippen molar-refractivity contribution >= 4 is 11.9 Å². The molecule has 1 saturated heterocycles. The molecule has 0 aliphatic carbocycles. The Bertz CT molecular complexity index is 607. The molecule has 138 valence electrons. The third kappa shape index (κ3) is 5.37. The molecule has 1 fully saturated rings. The van der Waals surface area contributed by atoms with Gasteiger partial charge in [0.15, 0.2) is 5.96 Å². The molecule has 1 aliphatic heterocycles. The summed E-state index contributed by atoms with van der Waals surface area (Å²) in [7, 11) is 1.70. The molecule has 0 bridgehead atoms. The number of hydrogen-bond acceptors (Lipinski definition) is 3. The van der Waals surface area contributed by atoms with Crippen LogP contribution in [0.25, 0.3) is 0 Å². The average molecular weight is 346 g/mol. The first-order chi connectivity index (χ1) is 12.0. The molecule has 25 heavy (non-hydrogen) atoms. The van der Waals surface area contributed by atoms with Crippen LogP contribution in [0.1, 0.15) is 25.0 Å². The van der Waals surface area contributed by atoms with Gasteiger partial charge in [0, 0.05) is 46.2 Å². The second-order valence-corrected chi connectivity index (χ2v) is 6.28. The van der Waals surface area contributed by atoms with Crippen molar-refractivity contribution in [2.75, 3.05) is 46.4 Å². The maximum absolute atomic E-state index is 11.5. The van der Waals surface area contributed by atoms with Crippen LogP contribution >= 0.6 is 0 Å². The zero-order chi connectivity index (χ0) is 18.2. The SMILES string of the molecule is CCNC(=NCCc1ccc(C)c(OC)c1)N1CCN(C(C)=O)CC1. The Balaban J connectivity index is 1.94. The molecule has 0 saturated carbocycles. The highest BCUT2D eigenvalue weighted by Gasteiger charge is 2.20. The highest BCUT2D eigenvalue weighted by molar-refractivity contribution is 5.80. The Kier molecular flexibility index (Phi) is 7.10. The Hall–Kier alpha value is -2.24. The third-order valence-corrected chi connectivity index (χ3v) is 4.49. The van der Waals surface area contributed by atoms with E-state index in [-0.39, 0.29) is 5.91 Å². The van der Waals surface area contributed by atoms with Crippen molar-refractivity contribution in [1.82, 2.24) is 15.1 Å². The van der Waals surface area contributed by atoms with E-state index < -0.39 is 0 Å². The lowest BCUT2D eigenvalue weighted by atomic mass is 10.1. The van der Waals surface area contributed by atoms with Crippen LogP contribution in [-0.2, 0) is 11.2 Å². The first-order valence-corrected chi connectivity index (χ1v) is 8.97. The van der Waals surface area contributed by atoms with Crippen molar-refractivity contribution in [3.8, 4) is 5.75 Å². The van der Waals surface area contributed by atoms with Crippen molar-refractivity contribution in [2.24, 2.45) is 4.99 Å². The number of carbonyl (C=O) groups is 1. The van der Waals surface area contributed by atoms with Gasteiger partial charge in [0.25, 0.3) is 0 Å². The van der Waals surface area contributed by atoms with Crippen molar-refractivity contribution in [1.29, 1.82) is 0 Å². The number of piperazine rings is 1. The predicted molar refractivity (Wildman–Crippen MR) is 101 cm³/mol. The maximum atomic E-state index is 11.5. The minimum Gasteiger partial charge on any atom is -0.496 e. The number of nitrogens with one attached hydrogen (secondary N) is 1. The van der Waals surface area contributed by atoms with Gasteiger partial charge in [-0.05, 0) is 37.5 Å².